The largest absolute Gasteiger partial charge is 0.464 e. The summed E-state index contributed by atoms with van der Waals surface area (Å²) in [7, 11) is 0. The molecule has 0 saturated heterocycles. The van der Waals surface area contributed by atoms with Crippen molar-refractivity contribution < 1.29 is 14.3 Å². The molecule has 0 radical (unpaired) electrons. The lowest BCUT2D eigenvalue weighted by molar-refractivity contribution is -0.148. The molecule has 0 aromatic rings. The van der Waals surface area contributed by atoms with Crippen LogP contribution in [0.3, 0.4) is 0 Å². The van der Waals surface area contributed by atoms with Gasteiger partial charge in [0.25, 0.3) is 0 Å². The zero-order chi connectivity index (χ0) is 13.2. The van der Waals surface area contributed by atoms with Gasteiger partial charge in [-0.15, -0.1) is 0 Å². The summed E-state index contributed by atoms with van der Waals surface area (Å²) in [5.41, 5.74) is 0. The first-order valence-corrected chi connectivity index (χ1v) is 7.20. The second-order valence-electron chi connectivity index (χ2n) is 5.00. The molecule has 1 rings (SSSR count). The predicted octanol–water partition coefficient (Wildman–Crippen LogP) is 2.12. The Hall–Kier alpha value is -0.610. The van der Waals surface area contributed by atoms with Crippen molar-refractivity contribution in [1.82, 2.24) is 5.32 Å². The first-order chi connectivity index (χ1) is 8.74. The maximum Gasteiger partial charge on any atom is 0.332 e. The molecule has 1 aliphatic carbocycles. The smallest absolute Gasteiger partial charge is 0.332 e. The highest BCUT2D eigenvalue weighted by atomic mass is 16.6. The lowest BCUT2D eigenvalue weighted by atomic mass is 9.84. The Morgan fingerprint density at radius 3 is 2.72 bits per heavy atom. The molecule has 4 nitrogen and oxygen atoms in total. The SMILES string of the molecule is CCOC(=O)COCCN[C@H](C)C1CCCCC1. The van der Waals surface area contributed by atoms with E-state index in [1.165, 1.54) is 32.1 Å². The average Bonchev–Trinajstić information content (AvgIpc) is 2.39. The number of hydrogen-bond donors (Lipinski definition) is 1. The monoisotopic (exact) mass is 257 g/mol. The van der Waals surface area contributed by atoms with Crippen LogP contribution in [0.5, 0.6) is 0 Å². The fourth-order valence-corrected chi connectivity index (χ4v) is 2.52. The van der Waals surface area contributed by atoms with Gasteiger partial charge in [-0.25, -0.2) is 4.79 Å². The minimum atomic E-state index is -0.280. The molecule has 0 bridgehead atoms. The van der Waals surface area contributed by atoms with E-state index in [4.69, 9.17) is 9.47 Å². The van der Waals surface area contributed by atoms with Gasteiger partial charge in [0, 0.05) is 12.6 Å². The minimum absolute atomic E-state index is 0.0628. The number of esters is 1. The summed E-state index contributed by atoms with van der Waals surface area (Å²) in [6, 6.07) is 0.552. The fraction of sp³-hybridized carbons (Fsp3) is 0.929. The summed E-state index contributed by atoms with van der Waals surface area (Å²) in [4.78, 5) is 11.0. The second-order valence-corrected chi connectivity index (χ2v) is 5.00. The summed E-state index contributed by atoms with van der Waals surface area (Å²) in [6.07, 6.45) is 6.83. The predicted molar refractivity (Wildman–Crippen MR) is 71.5 cm³/mol. The first kappa shape index (κ1) is 15.4. The Bertz CT molecular complexity index is 227. The molecule has 0 aromatic carbocycles. The number of ether oxygens (including phenoxy) is 2. The van der Waals surface area contributed by atoms with E-state index in [9.17, 15) is 4.79 Å². The van der Waals surface area contributed by atoms with E-state index in [1.54, 1.807) is 6.92 Å². The third-order valence-electron chi connectivity index (χ3n) is 3.59. The van der Waals surface area contributed by atoms with E-state index in [0.717, 1.165) is 12.5 Å². The van der Waals surface area contributed by atoms with Crippen LogP contribution in [0.1, 0.15) is 46.0 Å². The van der Waals surface area contributed by atoms with Crippen LogP contribution in [0.2, 0.25) is 0 Å². The number of nitrogens with one attached hydrogen (secondary N) is 1. The summed E-state index contributed by atoms with van der Waals surface area (Å²) in [5.74, 6) is 0.529. The molecule has 1 aliphatic rings. The van der Waals surface area contributed by atoms with Crippen molar-refractivity contribution in [3.8, 4) is 0 Å². The highest BCUT2D eigenvalue weighted by molar-refractivity contribution is 5.70. The van der Waals surface area contributed by atoms with E-state index >= 15 is 0 Å². The van der Waals surface area contributed by atoms with Crippen LogP contribution >= 0.6 is 0 Å². The summed E-state index contributed by atoms with van der Waals surface area (Å²) < 4.78 is 10.0. The second kappa shape index (κ2) is 9.34. The van der Waals surface area contributed by atoms with Crippen LogP contribution in [0, 0.1) is 5.92 Å². The molecule has 1 atom stereocenters. The lowest BCUT2D eigenvalue weighted by Crippen LogP contribution is -2.36. The van der Waals surface area contributed by atoms with Crippen LogP contribution in [0.4, 0.5) is 0 Å². The Balaban J connectivity index is 1.98. The van der Waals surface area contributed by atoms with Crippen LogP contribution < -0.4 is 5.32 Å². The Morgan fingerprint density at radius 1 is 1.33 bits per heavy atom. The van der Waals surface area contributed by atoms with E-state index in [-0.39, 0.29) is 12.6 Å². The highest BCUT2D eigenvalue weighted by Gasteiger charge is 2.19. The molecule has 0 aromatic heterocycles. The highest BCUT2D eigenvalue weighted by Crippen LogP contribution is 2.26. The molecular weight excluding hydrogens is 230 g/mol. The normalized spacial score (nSPS) is 18.6. The zero-order valence-electron chi connectivity index (χ0n) is 11.7. The van der Waals surface area contributed by atoms with Crippen molar-refractivity contribution in [2.45, 2.75) is 52.0 Å². The molecule has 1 N–H and O–H groups in total. The van der Waals surface area contributed by atoms with Crippen molar-refractivity contribution in [3.63, 3.8) is 0 Å². The fourth-order valence-electron chi connectivity index (χ4n) is 2.52. The molecule has 0 unspecified atom stereocenters. The van der Waals surface area contributed by atoms with E-state index in [1.807, 2.05) is 0 Å². The number of carbonyl (C=O) groups is 1. The van der Waals surface area contributed by atoms with Crippen molar-refractivity contribution in [1.29, 1.82) is 0 Å². The van der Waals surface area contributed by atoms with Gasteiger partial charge in [0.05, 0.1) is 13.2 Å². The molecule has 1 saturated carbocycles. The van der Waals surface area contributed by atoms with Gasteiger partial charge < -0.3 is 14.8 Å². The van der Waals surface area contributed by atoms with Crippen molar-refractivity contribution in [2.24, 2.45) is 5.92 Å². The van der Waals surface area contributed by atoms with Crippen LogP contribution in [0.15, 0.2) is 0 Å². The van der Waals surface area contributed by atoms with Gasteiger partial charge in [-0.3, -0.25) is 0 Å². The van der Waals surface area contributed by atoms with Crippen molar-refractivity contribution in [3.05, 3.63) is 0 Å². The maximum atomic E-state index is 11.0. The van der Waals surface area contributed by atoms with Gasteiger partial charge in [-0.05, 0) is 32.6 Å². The average molecular weight is 257 g/mol. The van der Waals surface area contributed by atoms with Gasteiger partial charge >= 0.3 is 5.97 Å². The zero-order valence-corrected chi connectivity index (χ0v) is 11.7. The molecule has 1 fully saturated rings. The minimum Gasteiger partial charge on any atom is -0.464 e. The van der Waals surface area contributed by atoms with E-state index in [2.05, 4.69) is 12.2 Å². The van der Waals surface area contributed by atoms with Gasteiger partial charge in [0.1, 0.15) is 6.61 Å². The molecular formula is C14H27NO3. The van der Waals surface area contributed by atoms with Gasteiger partial charge in [-0.1, -0.05) is 19.3 Å². The third-order valence-corrected chi connectivity index (χ3v) is 3.59. The molecule has 0 heterocycles. The van der Waals surface area contributed by atoms with Gasteiger partial charge in [0.15, 0.2) is 0 Å². The Labute approximate surface area is 110 Å². The standard InChI is InChI=1S/C14H27NO3/c1-3-18-14(16)11-17-10-9-15-12(2)13-7-5-4-6-8-13/h12-13,15H,3-11H2,1-2H3/t12-/m1/s1. The number of carbonyl (C=O) groups excluding carboxylic acids is 1. The third kappa shape index (κ3) is 6.36. The van der Waals surface area contributed by atoms with Crippen LogP contribution in [-0.2, 0) is 14.3 Å². The molecule has 0 aliphatic heterocycles. The lowest BCUT2D eigenvalue weighted by Gasteiger charge is -2.28. The maximum absolute atomic E-state index is 11.0. The Kier molecular flexibility index (Phi) is 8.01. The Morgan fingerprint density at radius 2 is 2.06 bits per heavy atom. The van der Waals surface area contributed by atoms with E-state index < -0.39 is 0 Å². The van der Waals surface area contributed by atoms with Crippen molar-refractivity contribution >= 4 is 5.97 Å². The van der Waals surface area contributed by atoms with Crippen molar-refractivity contribution in [2.75, 3.05) is 26.4 Å². The van der Waals surface area contributed by atoms with Gasteiger partial charge in [-0.2, -0.15) is 0 Å². The summed E-state index contributed by atoms with van der Waals surface area (Å²) >= 11 is 0. The quantitative estimate of drug-likeness (QED) is 0.534. The molecule has 0 spiro atoms. The molecule has 106 valence electrons. The number of rotatable bonds is 8. The summed E-state index contributed by atoms with van der Waals surface area (Å²) in [5, 5.41) is 3.48. The molecule has 18 heavy (non-hydrogen) atoms. The van der Waals surface area contributed by atoms with Gasteiger partial charge in [0.2, 0.25) is 0 Å². The topological polar surface area (TPSA) is 47.6 Å². The molecule has 0 amide bonds. The van der Waals surface area contributed by atoms with E-state index in [0.29, 0.717) is 19.3 Å². The summed E-state index contributed by atoms with van der Waals surface area (Å²) in [6.45, 7) is 5.89. The molecule has 4 heteroatoms. The first-order valence-electron chi connectivity index (χ1n) is 7.20. The van der Waals surface area contributed by atoms with Crippen LogP contribution in [-0.4, -0.2) is 38.4 Å². The van der Waals surface area contributed by atoms with Crippen LogP contribution in [0.25, 0.3) is 0 Å². The number of hydrogen-bond acceptors (Lipinski definition) is 4.